The van der Waals surface area contributed by atoms with E-state index in [4.69, 9.17) is 5.11 Å². The maximum atomic E-state index is 13.5. The van der Waals surface area contributed by atoms with Crippen molar-refractivity contribution in [2.75, 3.05) is 5.32 Å². The average Bonchev–Trinajstić information content (AvgIpc) is 2.77. The van der Waals surface area contributed by atoms with Crippen LogP contribution in [0.15, 0.2) is 23.6 Å². The summed E-state index contributed by atoms with van der Waals surface area (Å²) in [4.78, 5) is 15.8. The number of anilines is 1. The van der Waals surface area contributed by atoms with Crippen LogP contribution in [0.4, 0.5) is 9.52 Å². The lowest BCUT2D eigenvalue weighted by atomic mass is 10.2. The third-order valence-corrected chi connectivity index (χ3v) is 3.14. The number of aliphatic hydroxyl groups excluding tert-OH is 1. The zero-order valence-electron chi connectivity index (χ0n) is 9.92. The summed E-state index contributed by atoms with van der Waals surface area (Å²) in [6, 6.07) is 3.27. The molecule has 0 bridgehead atoms. The standard InChI is InChI=1S/C12H11FN2O3S/c1-6(16)10-5-19-12(14-10)15-11(18)8-3-2-7(17)4-9(8)13/h2-6,16-17H,1H3,(H,14,15,18). The molecule has 0 fully saturated rings. The van der Waals surface area contributed by atoms with E-state index in [9.17, 15) is 14.3 Å². The molecule has 3 N–H and O–H groups in total. The van der Waals surface area contributed by atoms with Gasteiger partial charge in [-0.15, -0.1) is 11.3 Å². The highest BCUT2D eigenvalue weighted by Crippen LogP contribution is 2.22. The summed E-state index contributed by atoms with van der Waals surface area (Å²) in [5, 5.41) is 22.7. The number of thiazole rings is 1. The molecule has 100 valence electrons. The summed E-state index contributed by atoms with van der Waals surface area (Å²) >= 11 is 1.13. The van der Waals surface area contributed by atoms with Gasteiger partial charge in [-0.25, -0.2) is 9.37 Å². The Morgan fingerprint density at radius 3 is 2.84 bits per heavy atom. The van der Waals surface area contributed by atoms with Crippen molar-refractivity contribution in [3.63, 3.8) is 0 Å². The van der Waals surface area contributed by atoms with Crippen molar-refractivity contribution in [2.24, 2.45) is 0 Å². The van der Waals surface area contributed by atoms with Gasteiger partial charge in [-0.2, -0.15) is 0 Å². The van der Waals surface area contributed by atoms with Crippen molar-refractivity contribution in [1.29, 1.82) is 0 Å². The van der Waals surface area contributed by atoms with E-state index in [1.54, 1.807) is 12.3 Å². The minimum atomic E-state index is -0.815. The molecule has 0 aliphatic rings. The van der Waals surface area contributed by atoms with Crippen LogP contribution in [0.2, 0.25) is 0 Å². The van der Waals surface area contributed by atoms with E-state index in [0.717, 1.165) is 17.4 Å². The number of benzene rings is 1. The van der Waals surface area contributed by atoms with Crippen LogP contribution in [0.5, 0.6) is 5.75 Å². The molecule has 1 aromatic carbocycles. The van der Waals surface area contributed by atoms with Crippen molar-refractivity contribution < 1.29 is 19.4 Å². The van der Waals surface area contributed by atoms with Crippen molar-refractivity contribution in [1.82, 2.24) is 4.98 Å². The van der Waals surface area contributed by atoms with E-state index in [1.165, 1.54) is 12.1 Å². The Bertz CT molecular complexity index is 613. The van der Waals surface area contributed by atoms with Gasteiger partial charge in [-0.1, -0.05) is 0 Å². The maximum absolute atomic E-state index is 13.5. The Labute approximate surface area is 112 Å². The van der Waals surface area contributed by atoms with E-state index in [2.05, 4.69) is 10.3 Å². The molecule has 2 aromatic rings. The number of hydrogen-bond acceptors (Lipinski definition) is 5. The van der Waals surface area contributed by atoms with Gasteiger partial charge < -0.3 is 10.2 Å². The molecule has 1 aromatic heterocycles. The van der Waals surface area contributed by atoms with Crippen LogP contribution >= 0.6 is 11.3 Å². The highest BCUT2D eigenvalue weighted by atomic mass is 32.1. The molecule has 0 radical (unpaired) electrons. The molecule has 0 spiro atoms. The predicted octanol–water partition coefficient (Wildman–Crippen LogP) is 2.29. The highest BCUT2D eigenvalue weighted by Gasteiger charge is 2.14. The first-order valence-electron chi connectivity index (χ1n) is 5.40. The number of phenolic OH excluding ortho intramolecular Hbond substituents is 1. The lowest BCUT2D eigenvalue weighted by molar-refractivity contribution is 0.102. The zero-order chi connectivity index (χ0) is 14.0. The number of nitrogens with zero attached hydrogens (tertiary/aromatic N) is 1. The first kappa shape index (κ1) is 13.4. The summed E-state index contributed by atoms with van der Waals surface area (Å²) in [5.41, 5.74) is 0.248. The monoisotopic (exact) mass is 282 g/mol. The number of halogens is 1. The first-order valence-corrected chi connectivity index (χ1v) is 6.28. The third kappa shape index (κ3) is 3.07. The molecule has 0 aliphatic heterocycles. The fraction of sp³-hybridized carbons (Fsp3) is 0.167. The van der Waals surface area contributed by atoms with E-state index in [1.807, 2.05) is 0 Å². The summed E-state index contributed by atoms with van der Waals surface area (Å²) in [7, 11) is 0. The van der Waals surface area contributed by atoms with Crippen LogP contribution in [0.1, 0.15) is 29.1 Å². The Hall–Kier alpha value is -1.99. The van der Waals surface area contributed by atoms with Gasteiger partial charge in [0.2, 0.25) is 0 Å². The lowest BCUT2D eigenvalue weighted by Gasteiger charge is -2.03. The SMILES string of the molecule is CC(O)c1csc(NC(=O)c2ccc(O)cc2F)n1. The Morgan fingerprint density at radius 1 is 1.53 bits per heavy atom. The lowest BCUT2D eigenvalue weighted by Crippen LogP contribution is -2.13. The van der Waals surface area contributed by atoms with E-state index < -0.39 is 17.8 Å². The van der Waals surface area contributed by atoms with E-state index >= 15 is 0 Å². The number of phenols is 1. The van der Waals surface area contributed by atoms with Gasteiger partial charge in [0, 0.05) is 11.4 Å². The Balaban J connectivity index is 2.16. The van der Waals surface area contributed by atoms with Crippen LogP contribution in [0, 0.1) is 5.82 Å². The van der Waals surface area contributed by atoms with Crippen LogP contribution in [0.3, 0.4) is 0 Å². The number of hydrogen-bond donors (Lipinski definition) is 3. The second-order valence-electron chi connectivity index (χ2n) is 3.87. The van der Waals surface area contributed by atoms with Crippen molar-refractivity contribution in [2.45, 2.75) is 13.0 Å². The zero-order valence-corrected chi connectivity index (χ0v) is 10.7. The quantitative estimate of drug-likeness (QED) is 0.806. The smallest absolute Gasteiger partial charge is 0.260 e. The molecule has 0 saturated heterocycles. The minimum absolute atomic E-state index is 0.188. The van der Waals surface area contributed by atoms with E-state index in [0.29, 0.717) is 5.69 Å². The van der Waals surface area contributed by atoms with Crippen molar-refractivity contribution in [3.8, 4) is 5.75 Å². The number of aliphatic hydroxyl groups is 1. The number of aromatic hydroxyl groups is 1. The van der Waals surface area contributed by atoms with Crippen LogP contribution in [-0.4, -0.2) is 21.1 Å². The number of carbonyl (C=O) groups is 1. The van der Waals surface area contributed by atoms with Gasteiger partial charge in [0.15, 0.2) is 5.13 Å². The van der Waals surface area contributed by atoms with Crippen LogP contribution in [-0.2, 0) is 0 Å². The van der Waals surface area contributed by atoms with Crippen LogP contribution < -0.4 is 5.32 Å². The largest absolute Gasteiger partial charge is 0.508 e. The molecule has 0 aliphatic carbocycles. The Morgan fingerprint density at radius 2 is 2.26 bits per heavy atom. The number of amides is 1. The van der Waals surface area contributed by atoms with Crippen LogP contribution in [0.25, 0.3) is 0 Å². The van der Waals surface area contributed by atoms with Gasteiger partial charge in [-0.05, 0) is 19.1 Å². The highest BCUT2D eigenvalue weighted by molar-refractivity contribution is 7.14. The summed E-state index contributed by atoms with van der Waals surface area (Å²) < 4.78 is 13.5. The minimum Gasteiger partial charge on any atom is -0.508 e. The number of nitrogens with one attached hydrogen (secondary N) is 1. The summed E-state index contributed by atoms with van der Waals surface area (Å²) in [6.45, 7) is 1.56. The molecule has 0 saturated carbocycles. The molecular weight excluding hydrogens is 271 g/mol. The maximum Gasteiger partial charge on any atom is 0.260 e. The molecule has 1 amide bonds. The van der Waals surface area contributed by atoms with Gasteiger partial charge in [0.1, 0.15) is 11.6 Å². The molecule has 1 heterocycles. The fourth-order valence-corrected chi connectivity index (χ4v) is 2.18. The topological polar surface area (TPSA) is 82.5 Å². The van der Waals surface area contributed by atoms with Gasteiger partial charge >= 0.3 is 0 Å². The van der Waals surface area contributed by atoms with E-state index in [-0.39, 0.29) is 16.4 Å². The fourth-order valence-electron chi connectivity index (χ4n) is 1.39. The molecule has 7 heteroatoms. The van der Waals surface area contributed by atoms with Gasteiger partial charge in [0.25, 0.3) is 5.91 Å². The molecule has 2 rings (SSSR count). The Kier molecular flexibility index (Phi) is 3.77. The third-order valence-electron chi connectivity index (χ3n) is 2.37. The molecule has 5 nitrogen and oxygen atoms in total. The number of carbonyl (C=O) groups excluding carboxylic acids is 1. The molecule has 1 unspecified atom stereocenters. The average molecular weight is 282 g/mol. The second-order valence-corrected chi connectivity index (χ2v) is 4.73. The number of rotatable bonds is 3. The first-order chi connectivity index (χ1) is 8.97. The summed E-state index contributed by atoms with van der Waals surface area (Å²) in [6.07, 6.45) is -0.729. The van der Waals surface area contributed by atoms with Gasteiger partial charge in [-0.3, -0.25) is 10.1 Å². The molecular formula is C12H11FN2O3S. The summed E-state index contributed by atoms with van der Waals surface area (Å²) in [5.74, 6) is -1.73. The molecule has 1 atom stereocenters. The predicted molar refractivity (Wildman–Crippen MR) is 68.8 cm³/mol. The number of aromatic nitrogens is 1. The normalized spacial score (nSPS) is 12.2. The molecule has 19 heavy (non-hydrogen) atoms. The van der Waals surface area contributed by atoms with Gasteiger partial charge in [0.05, 0.1) is 17.4 Å². The van der Waals surface area contributed by atoms with Crippen molar-refractivity contribution >= 4 is 22.4 Å². The van der Waals surface area contributed by atoms with Crippen molar-refractivity contribution in [3.05, 3.63) is 40.7 Å². The second kappa shape index (κ2) is 5.33.